The van der Waals surface area contributed by atoms with E-state index in [0.29, 0.717) is 13.1 Å². The number of carbonyl (C=O) groups is 1. The summed E-state index contributed by atoms with van der Waals surface area (Å²) in [7, 11) is 1.95. The molecule has 0 aromatic carbocycles. The number of piperazine rings is 1. The normalized spacial score (nSPS) is 23.3. The second kappa shape index (κ2) is 5.01. The highest BCUT2D eigenvalue weighted by atomic mass is 16.6. The number of rotatable bonds is 1. The molecule has 0 aromatic heterocycles. The molecule has 1 aliphatic heterocycles. The molecule has 0 spiro atoms. The Labute approximate surface area is 97.0 Å². The predicted octanol–water partition coefficient (Wildman–Crippen LogP) is 0.530. The fraction of sp³-hybridized carbons (Fsp3) is 0.909. The van der Waals surface area contributed by atoms with Crippen LogP contribution in [0, 0.1) is 0 Å². The van der Waals surface area contributed by atoms with Crippen LogP contribution < -0.4 is 0 Å². The molecule has 1 atom stereocenters. The number of nitrogens with zero attached hydrogens (tertiary/aromatic N) is 2. The molecule has 0 aliphatic carbocycles. The van der Waals surface area contributed by atoms with Crippen LogP contribution in [0.5, 0.6) is 0 Å². The summed E-state index contributed by atoms with van der Waals surface area (Å²) in [6.45, 7) is 7.57. The maximum absolute atomic E-state index is 11.8. The summed E-state index contributed by atoms with van der Waals surface area (Å²) in [5, 5.41) is 9.17. The third-order valence-corrected chi connectivity index (χ3v) is 2.64. The lowest BCUT2D eigenvalue weighted by Gasteiger charge is -2.38. The zero-order valence-corrected chi connectivity index (χ0v) is 10.6. The number of hydrogen-bond acceptors (Lipinski definition) is 4. The van der Waals surface area contributed by atoms with Gasteiger partial charge in [-0.3, -0.25) is 4.90 Å². The summed E-state index contributed by atoms with van der Waals surface area (Å²) in [5.41, 5.74) is -0.463. The second-order valence-electron chi connectivity index (χ2n) is 5.24. The SMILES string of the molecule is CN1CCN(C(=O)OC(C)(C)C)C[C@H]1CO. The Bertz CT molecular complexity index is 250. The molecular weight excluding hydrogens is 208 g/mol. The molecule has 1 saturated heterocycles. The van der Waals surface area contributed by atoms with Crippen molar-refractivity contribution in [3.05, 3.63) is 0 Å². The lowest BCUT2D eigenvalue weighted by atomic mass is 10.2. The Hall–Kier alpha value is -0.810. The molecule has 0 unspecified atom stereocenters. The smallest absolute Gasteiger partial charge is 0.410 e. The van der Waals surface area contributed by atoms with Gasteiger partial charge in [-0.25, -0.2) is 4.79 Å². The fourth-order valence-corrected chi connectivity index (χ4v) is 1.64. The quantitative estimate of drug-likeness (QED) is 0.714. The molecule has 0 aromatic rings. The van der Waals surface area contributed by atoms with Crippen molar-refractivity contribution in [2.75, 3.05) is 33.3 Å². The zero-order chi connectivity index (χ0) is 12.3. The number of amides is 1. The summed E-state index contributed by atoms with van der Waals surface area (Å²) in [6.07, 6.45) is -0.293. The van der Waals surface area contributed by atoms with Crippen LogP contribution in [0.2, 0.25) is 0 Å². The van der Waals surface area contributed by atoms with E-state index < -0.39 is 5.60 Å². The van der Waals surface area contributed by atoms with Crippen LogP contribution in [-0.2, 0) is 4.74 Å². The Kier molecular flexibility index (Phi) is 4.15. The highest BCUT2D eigenvalue weighted by molar-refractivity contribution is 5.68. The Morgan fingerprint density at radius 1 is 1.44 bits per heavy atom. The standard InChI is InChI=1S/C11H22N2O3/c1-11(2,3)16-10(15)13-6-5-12(4)9(7-13)8-14/h9,14H,5-8H2,1-4H3/t9-/m0/s1. The lowest BCUT2D eigenvalue weighted by molar-refractivity contribution is 0.00107. The van der Waals surface area contributed by atoms with Gasteiger partial charge in [0.1, 0.15) is 5.60 Å². The fourth-order valence-electron chi connectivity index (χ4n) is 1.64. The lowest BCUT2D eigenvalue weighted by Crippen LogP contribution is -2.55. The number of hydrogen-bond donors (Lipinski definition) is 1. The first kappa shape index (κ1) is 13.3. The van der Waals surface area contributed by atoms with Crippen LogP contribution in [0.1, 0.15) is 20.8 Å². The summed E-state index contributed by atoms with van der Waals surface area (Å²) >= 11 is 0. The number of aliphatic hydroxyl groups excluding tert-OH is 1. The van der Waals surface area contributed by atoms with Gasteiger partial charge in [0.05, 0.1) is 12.6 Å². The first-order valence-corrected chi connectivity index (χ1v) is 5.62. The molecule has 1 rings (SSSR count). The van der Waals surface area contributed by atoms with E-state index in [-0.39, 0.29) is 18.7 Å². The molecule has 5 heteroatoms. The maximum Gasteiger partial charge on any atom is 0.410 e. The van der Waals surface area contributed by atoms with Crippen molar-refractivity contribution in [1.82, 2.24) is 9.80 Å². The molecule has 1 aliphatic rings. The van der Waals surface area contributed by atoms with Gasteiger partial charge in [-0.2, -0.15) is 0 Å². The van der Waals surface area contributed by atoms with Gasteiger partial charge in [-0.15, -0.1) is 0 Å². The van der Waals surface area contributed by atoms with Gasteiger partial charge >= 0.3 is 6.09 Å². The molecule has 16 heavy (non-hydrogen) atoms. The largest absolute Gasteiger partial charge is 0.444 e. The van der Waals surface area contributed by atoms with Crippen molar-refractivity contribution < 1.29 is 14.6 Å². The first-order chi connectivity index (χ1) is 7.33. The molecule has 1 heterocycles. The van der Waals surface area contributed by atoms with E-state index in [0.717, 1.165) is 6.54 Å². The van der Waals surface area contributed by atoms with Gasteiger partial charge in [-0.1, -0.05) is 0 Å². The van der Waals surface area contributed by atoms with Gasteiger partial charge in [0.15, 0.2) is 0 Å². The summed E-state index contributed by atoms with van der Waals surface area (Å²) in [4.78, 5) is 15.5. The van der Waals surface area contributed by atoms with Crippen LogP contribution in [-0.4, -0.2) is 65.9 Å². The first-order valence-electron chi connectivity index (χ1n) is 5.62. The highest BCUT2D eigenvalue weighted by Crippen LogP contribution is 2.13. The number of likely N-dealkylation sites (N-methyl/N-ethyl adjacent to an activating group) is 1. The van der Waals surface area contributed by atoms with Crippen molar-refractivity contribution in [3.8, 4) is 0 Å². The van der Waals surface area contributed by atoms with Gasteiger partial charge in [-0.05, 0) is 27.8 Å². The molecule has 0 saturated carbocycles. The molecule has 0 radical (unpaired) electrons. The minimum atomic E-state index is -0.463. The summed E-state index contributed by atoms with van der Waals surface area (Å²) in [6, 6.07) is 0.0151. The molecule has 1 N–H and O–H groups in total. The van der Waals surface area contributed by atoms with Crippen LogP contribution in [0.15, 0.2) is 0 Å². The number of aliphatic hydroxyl groups is 1. The number of ether oxygens (including phenoxy) is 1. The minimum Gasteiger partial charge on any atom is -0.444 e. The van der Waals surface area contributed by atoms with E-state index in [4.69, 9.17) is 4.74 Å². The Morgan fingerprint density at radius 3 is 2.56 bits per heavy atom. The number of carbonyl (C=O) groups excluding carboxylic acids is 1. The summed E-state index contributed by atoms with van der Waals surface area (Å²) < 4.78 is 5.29. The third kappa shape index (κ3) is 3.64. The average Bonchev–Trinajstić information content (AvgIpc) is 2.15. The van der Waals surface area contributed by atoms with E-state index in [1.165, 1.54) is 0 Å². The average molecular weight is 230 g/mol. The van der Waals surface area contributed by atoms with Crippen molar-refractivity contribution in [3.63, 3.8) is 0 Å². The van der Waals surface area contributed by atoms with Crippen LogP contribution in [0.25, 0.3) is 0 Å². The van der Waals surface area contributed by atoms with Gasteiger partial charge in [0.2, 0.25) is 0 Å². The molecule has 5 nitrogen and oxygen atoms in total. The predicted molar refractivity (Wildman–Crippen MR) is 61.3 cm³/mol. The van der Waals surface area contributed by atoms with E-state index in [9.17, 15) is 9.90 Å². The van der Waals surface area contributed by atoms with E-state index in [1.54, 1.807) is 4.90 Å². The van der Waals surface area contributed by atoms with Crippen molar-refractivity contribution in [2.24, 2.45) is 0 Å². The molecule has 1 amide bonds. The molecule has 94 valence electrons. The van der Waals surface area contributed by atoms with E-state index in [2.05, 4.69) is 4.90 Å². The monoisotopic (exact) mass is 230 g/mol. The topological polar surface area (TPSA) is 53.0 Å². The van der Waals surface area contributed by atoms with Gasteiger partial charge in [0.25, 0.3) is 0 Å². The van der Waals surface area contributed by atoms with Crippen LogP contribution >= 0.6 is 0 Å². The van der Waals surface area contributed by atoms with E-state index >= 15 is 0 Å². The molecule has 1 fully saturated rings. The van der Waals surface area contributed by atoms with Gasteiger partial charge in [0, 0.05) is 19.6 Å². The second-order valence-corrected chi connectivity index (χ2v) is 5.24. The van der Waals surface area contributed by atoms with Crippen molar-refractivity contribution >= 4 is 6.09 Å². The summed E-state index contributed by atoms with van der Waals surface area (Å²) in [5.74, 6) is 0. The molecule has 0 bridgehead atoms. The zero-order valence-electron chi connectivity index (χ0n) is 10.6. The Balaban J connectivity index is 2.52. The van der Waals surface area contributed by atoms with Crippen LogP contribution in [0.3, 0.4) is 0 Å². The maximum atomic E-state index is 11.8. The molecular formula is C11H22N2O3. The third-order valence-electron chi connectivity index (χ3n) is 2.64. The Morgan fingerprint density at radius 2 is 2.06 bits per heavy atom. The van der Waals surface area contributed by atoms with Crippen LogP contribution in [0.4, 0.5) is 4.79 Å². The highest BCUT2D eigenvalue weighted by Gasteiger charge is 2.29. The van der Waals surface area contributed by atoms with E-state index in [1.807, 2.05) is 27.8 Å². The van der Waals surface area contributed by atoms with Gasteiger partial charge < -0.3 is 14.7 Å². The minimum absolute atomic E-state index is 0.0151. The van der Waals surface area contributed by atoms with Crippen molar-refractivity contribution in [2.45, 2.75) is 32.4 Å². The van der Waals surface area contributed by atoms with Crippen molar-refractivity contribution in [1.29, 1.82) is 0 Å².